The molecule has 8 heteroatoms. The van der Waals surface area contributed by atoms with Crippen molar-refractivity contribution in [1.29, 1.82) is 0 Å². The van der Waals surface area contributed by atoms with Crippen LogP contribution in [0.1, 0.15) is 15.9 Å². The summed E-state index contributed by atoms with van der Waals surface area (Å²) in [5.74, 6) is -0.341. The van der Waals surface area contributed by atoms with Gasteiger partial charge in [0.1, 0.15) is 0 Å². The molecule has 1 aliphatic heterocycles. The molecule has 1 N–H and O–H groups in total. The highest BCUT2D eigenvalue weighted by atomic mass is 35.5. The molecule has 0 unspecified atom stereocenters. The normalized spacial score (nSPS) is 13.8. The van der Waals surface area contributed by atoms with Crippen LogP contribution in [-0.4, -0.2) is 41.8 Å². The van der Waals surface area contributed by atoms with Crippen LogP contribution in [-0.2, 0) is 11.3 Å². The molecular formula is C19H18ClN3O3S. The number of nitrogens with one attached hydrogen (secondary N) is 1. The van der Waals surface area contributed by atoms with Crippen molar-refractivity contribution in [3.8, 4) is 0 Å². The van der Waals surface area contributed by atoms with Gasteiger partial charge < -0.3 is 10.2 Å². The minimum atomic E-state index is -0.296. The third-order valence-corrected chi connectivity index (χ3v) is 5.22. The third-order valence-electron chi connectivity index (χ3n) is 4.05. The number of rotatable bonds is 5. The highest BCUT2D eigenvalue weighted by molar-refractivity contribution is 8.14. The van der Waals surface area contributed by atoms with Gasteiger partial charge in [-0.25, -0.2) is 0 Å². The van der Waals surface area contributed by atoms with Crippen molar-refractivity contribution in [3.63, 3.8) is 0 Å². The minimum Gasteiger partial charge on any atom is -0.375 e. The molecule has 0 radical (unpaired) electrons. The summed E-state index contributed by atoms with van der Waals surface area (Å²) in [6.45, 7) is 0.159. The van der Waals surface area contributed by atoms with E-state index in [1.165, 1.54) is 4.90 Å². The van der Waals surface area contributed by atoms with Gasteiger partial charge in [-0.2, -0.15) is 0 Å². The van der Waals surface area contributed by atoms with E-state index < -0.39 is 0 Å². The summed E-state index contributed by atoms with van der Waals surface area (Å²) < 4.78 is 0. The number of carbonyl (C=O) groups is 3. The lowest BCUT2D eigenvalue weighted by molar-refractivity contribution is -0.125. The van der Waals surface area contributed by atoms with E-state index in [-0.39, 0.29) is 29.4 Å². The highest BCUT2D eigenvalue weighted by Gasteiger charge is 2.29. The lowest BCUT2D eigenvalue weighted by Gasteiger charge is -2.19. The molecule has 2 aromatic rings. The monoisotopic (exact) mass is 403 g/mol. The Bertz CT molecular complexity index is 901. The Balaban J connectivity index is 1.80. The smallest absolute Gasteiger partial charge is 0.289 e. The Morgan fingerprint density at radius 3 is 2.63 bits per heavy atom. The Morgan fingerprint density at radius 1 is 1.22 bits per heavy atom. The van der Waals surface area contributed by atoms with Crippen LogP contribution >= 0.6 is 23.4 Å². The first-order chi connectivity index (χ1) is 12.9. The third kappa shape index (κ3) is 4.26. The summed E-state index contributed by atoms with van der Waals surface area (Å²) >= 11 is 7.23. The predicted octanol–water partition coefficient (Wildman–Crippen LogP) is 3.85. The number of benzene rings is 2. The molecule has 0 saturated carbocycles. The molecule has 1 aliphatic rings. The zero-order valence-electron chi connectivity index (χ0n) is 14.9. The number of anilines is 2. The van der Waals surface area contributed by atoms with Crippen molar-refractivity contribution in [3.05, 3.63) is 58.6 Å². The maximum Gasteiger partial charge on any atom is 0.289 e. The molecule has 1 heterocycles. The number of nitrogens with zero attached hydrogens (tertiary/aromatic N) is 2. The van der Waals surface area contributed by atoms with Crippen LogP contribution in [0.15, 0.2) is 42.5 Å². The second kappa shape index (κ2) is 8.02. The SMILES string of the molecule is CN(C)c1c(Cl)cccc1NC(=O)c1cccc(CN2C(=O)CSC2=O)c1. The molecule has 27 heavy (non-hydrogen) atoms. The second-order valence-corrected chi connectivity index (χ2v) is 7.55. The number of hydrogen-bond donors (Lipinski definition) is 1. The zero-order chi connectivity index (χ0) is 19.6. The summed E-state index contributed by atoms with van der Waals surface area (Å²) in [6, 6.07) is 12.2. The molecule has 0 aromatic heterocycles. The van der Waals surface area contributed by atoms with E-state index >= 15 is 0 Å². The molecule has 1 fully saturated rings. The molecule has 2 aromatic carbocycles. The Morgan fingerprint density at radius 2 is 1.96 bits per heavy atom. The number of halogens is 1. The van der Waals surface area contributed by atoms with Crippen LogP contribution < -0.4 is 10.2 Å². The van der Waals surface area contributed by atoms with Gasteiger partial charge in [0, 0.05) is 19.7 Å². The van der Waals surface area contributed by atoms with Crippen LogP contribution in [0.25, 0.3) is 0 Å². The average Bonchev–Trinajstić information content (AvgIpc) is 2.93. The second-order valence-electron chi connectivity index (χ2n) is 6.22. The van der Waals surface area contributed by atoms with Crippen LogP contribution in [0.5, 0.6) is 0 Å². The number of carbonyl (C=O) groups excluding carboxylic acids is 3. The van der Waals surface area contributed by atoms with Gasteiger partial charge in [-0.1, -0.05) is 41.6 Å². The number of amides is 3. The number of thioether (sulfide) groups is 1. The summed E-state index contributed by atoms with van der Waals surface area (Å²) in [7, 11) is 3.69. The largest absolute Gasteiger partial charge is 0.375 e. The fourth-order valence-corrected chi connectivity index (χ4v) is 3.86. The molecule has 140 valence electrons. The molecule has 0 bridgehead atoms. The predicted molar refractivity (Wildman–Crippen MR) is 109 cm³/mol. The van der Waals surface area contributed by atoms with Gasteiger partial charge in [0.25, 0.3) is 11.1 Å². The molecule has 3 amide bonds. The number of hydrogen-bond acceptors (Lipinski definition) is 5. The zero-order valence-corrected chi connectivity index (χ0v) is 16.4. The van der Waals surface area contributed by atoms with Gasteiger partial charge in [0.05, 0.1) is 28.7 Å². The van der Waals surface area contributed by atoms with Gasteiger partial charge in [-0.05, 0) is 29.8 Å². The van der Waals surface area contributed by atoms with Gasteiger partial charge in [-0.15, -0.1) is 0 Å². The minimum absolute atomic E-state index is 0.159. The maximum absolute atomic E-state index is 12.7. The van der Waals surface area contributed by atoms with E-state index in [0.29, 0.717) is 27.5 Å². The number of para-hydroxylation sites is 1. The van der Waals surface area contributed by atoms with Crippen LogP contribution in [0.3, 0.4) is 0 Å². The van der Waals surface area contributed by atoms with Crippen molar-refractivity contribution in [2.24, 2.45) is 0 Å². The van der Waals surface area contributed by atoms with Gasteiger partial charge >= 0.3 is 0 Å². The van der Waals surface area contributed by atoms with Crippen molar-refractivity contribution >= 4 is 51.8 Å². The molecule has 0 atom stereocenters. The molecule has 0 aliphatic carbocycles. The maximum atomic E-state index is 12.7. The van der Waals surface area contributed by atoms with Crippen molar-refractivity contribution < 1.29 is 14.4 Å². The summed E-state index contributed by atoms with van der Waals surface area (Å²) in [6.07, 6.45) is 0. The van der Waals surface area contributed by atoms with Crippen LogP contribution in [0, 0.1) is 0 Å². The Hall–Kier alpha value is -2.51. The van der Waals surface area contributed by atoms with Crippen molar-refractivity contribution in [2.45, 2.75) is 6.54 Å². The molecule has 0 spiro atoms. The average molecular weight is 404 g/mol. The summed E-state index contributed by atoms with van der Waals surface area (Å²) in [4.78, 5) is 39.2. The lowest BCUT2D eigenvalue weighted by Crippen LogP contribution is -2.28. The van der Waals surface area contributed by atoms with E-state index in [2.05, 4.69) is 5.32 Å². The van der Waals surface area contributed by atoms with E-state index in [1.54, 1.807) is 42.5 Å². The van der Waals surface area contributed by atoms with Gasteiger partial charge in [0.2, 0.25) is 5.91 Å². The first-order valence-electron chi connectivity index (χ1n) is 8.20. The Labute approximate surface area is 166 Å². The Kier molecular flexibility index (Phi) is 5.72. The van der Waals surface area contributed by atoms with E-state index in [0.717, 1.165) is 11.8 Å². The fraction of sp³-hybridized carbons (Fsp3) is 0.211. The molecule has 1 saturated heterocycles. The van der Waals surface area contributed by atoms with E-state index in [9.17, 15) is 14.4 Å². The molecular weight excluding hydrogens is 386 g/mol. The molecule has 6 nitrogen and oxygen atoms in total. The van der Waals surface area contributed by atoms with Crippen molar-refractivity contribution in [2.75, 3.05) is 30.1 Å². The lowest BCUT2D eigenvalue weighted by atomic mass is 10.1. The highest BCUT2D eigenvalue weighted by Crippen LogP contribution is 2.32. The van der Waals surface area contributed by atoms with Crippen molar-refractivity contribution in [1.82, 2.24) is 4.90 Å². The van der Waals surface area contributed by atoms with Crippen LogP contribution in [0.4, 0.5) is 16.2 Å². The van der Waals surface area contributed by atoms with Crippen LogP contribution in [0.2, 0.25) is 5.02 Å². The first kappa shape index (κ1) is 19.3. The van der Waals surface area contributed by atoms with Gasteiger partial charge in [0.15, 0.2) is 0 Å². The van der Waals surface area contributed by atoms with E-state index in [4.69, 9.17) is 11.6 Å². The topological polar surface area (TPSA) is 69.7 Å². The molecule has 3 rings (SSSR count). The van der Waals surface area contributed by atoms with E-state index in [1.807, 2.05) is 19.0 Å². The fourth-order valence-electron chi connectivity index (χ4n) is 2.79. The standard InChI is InChI=1S/C19H18ClN3O3S/c1-22(2)17-14(20)7-4-8-15(17)21-18(25)13-6-3-5-12(9-13)10-23-16(24)11-27-19(23)26/h3-9H,10-11H2,1-2H3,(H,21,25). The number of imide groups is 1. The van der Waals surface area contributed by atoms with Gasteiger partial charge in [-0.3, -0.25) is 19.3 Å². The first-order valence-corrected chi connectivity index (χ1v) is 9.56. The summed E-state index contributed by atoms with van der Waals surface area (Å²) in [5.41, 5.74) is 2.47. The quantitative estimate of drug-likeness (QED) is 0.821. The summed E-state index contributed by atoms with van der Waals surface area (Å²) in [5, 5.41) is 3.15.